The molecule has 16 heavy (non-hydrogen) atoms. The topological polar surface area (TPSA) is 68.0 Å². The third-order valence-electron chi connectivity index (χ3n) is 3.14. The van der Waals surface area contributed by atoms with Gasteiger partial charge in [0.25, 0.3) is 0 Å². The first kappa shape index (κ1) is 12.9. The summed E-state index contributed by atoms with van der Waals surface area (Å²) >= 11 is 0. The number of carbonyl (C=O) groups is 1. The van der Waals surface area contributed by atoms with E-state index in [4.69, 9.17) is 5.73 Å². The van der Waals surface area contributed by atoms with E-state index in [-0.39, 0.29) is 18.3 Å². The number of aromatic nitrogens is 1. The molecule has 4 nitrogen and oxygen atoms in total. The van der Waals surface area contributed by atoms with Crippen LogP contribution >= 0.6 is 12.4 Å². The minimum Gasteiger partial charge on any atom is -0.369 e. The van der Waals surface area contributed by atoms with Crippen molar-refractivity contribution in [3.63, 3.8) is 0 Å². The van der Waals surface area contributed by atoms with Crippen LogP contribution in [0.5, 0.6) is 0 Å². The maximum atomic E-state index is 11.6. The van der Waals surface area contributed by atoms with Crippen LogP contribution in [0.3, 0.4) is 0 Å². The second-order valence-corrected chi connectivity index (χ2v) is 3.94. The van der Waals surface area contributed by atoms with Crippen LogP contribution in [0.25, 0.3) is 0 Å². The van der Waals surface area contributed by atoms with Crippen LogP contribution in [-0.2, 0) is 10.2 Å². The number of nitrogens with two attached hydrogens (primary N) is 1. The molecule has 0 unspecified atom stereocenters. The van der Waals surface area contributed by atoms with Crippen molar-refractivity contribution in [3.8, 4) is 0 Å². The molecule has 1 aromatic rings. The fraction of sp³-hybridized carbons (Fsp3) is 0.455. The van der Waals surface area contributed by atoms with Gasteiger partial charge in [-0.2, -0.15) is 0 Å². The number of hydrogen-bond acceptors (Lipinski definition) is 3. The van der Waals surface area contributed by atoms with Gasteiger partial charge in [0.05, 0.1) is 5.41 Å². The average molecular weight is 242 g/mol. The molecule has 88 valence electrons. The molecule has 0 saturated carbocycles. The Morgan fingerprint density at radius 1 is 1.44 bits per heavy atom. The summed E-state index contributed by atoms with van der Waals surface area (Å²) in [5.74, 6) is -0.239. The van der Waals surface area contributed by atoms with Gasteiger partial charge in [-0.3, -0.25) is 9.78 Å². The molecule has 1 aromatic heterocycles. The van der Waals surface area contributed by atoms with Crippen molar-refractivity contribution in [2.75, 3.05) is 13.1 Å². The van der Waals surface area contributed by atoms with Gasteiger partial charge in [0.15, 0.2) is 0 Å². The summed E-state index contributed by atoms with van der Waals surface area (Å²) < 4.78 is 0. The number of piperidine rings is 1. The second kappa shape index (κ2) is 5.27. The highest BCUT2D eigenvalue weighted by Gasteiger charge is 2.39. The van der Waals surface area contributed by atoms with E-state index in [0.717, 1.165) is 31.5 Å². The van der Waals surface area contributed by atoms with Gasteiger partial charge in [-0.05, 0) is 37.6 Å². The number of primary amides is 1. The molecule has 0 aliphatic carbocycles. The smallest absolute Gasteiger partial charge is 0.228 e. The van der Waals surface area contributed by atoms with Gasteiger partial charge in [-0.15, -0.1) is 12.4 Å². The Hall–Kier alpha value is -1.13. The number of nitrogens with one attached hydrogen (secondary N) is 1. The van der Waals surface area contributed by atoms with Gasteiger partial charge in [0.1, 0.15) is 0 Å². The highest BCUT2D eigenvalue weighted by Crippen LogP contribution is 2.32. The zero-order valence-corrected chi connectivity index (χ0v) is 9.80. The normalized spacial score (nSPS) is 18.5. The van der Waals surface area contributed by atoms with E-state index in [2.05, 4.69) is 10.3 Å². The Morgan fingerprint density at radius 3 is 2.62 bits per heavy atom. The predicted molar refractivity (Wildman–Crippen MR) is 64.5 cm³/mol. The summed E-state index contributed by atoms with van der Waals surface area (Å²) in [6.07, 6.45) is 4.97. The van der Waals surface area contributed by atoms with E-state index in [9.17, 15) is 4.79 Å². The Balaban J connectivity index is 0.00000128. The van der Waals surface area contributed by atoms with Crippen LogP contribution in [0.4, 0.5) is 0 Å². The number of rotatable bonds is 2. The lowest BCUT2D eigenvalue weighted by molar-refractivity contribution is -0.124. The van der Waals surface area contributed by atoms with Crippen molar-refractivity contribution in [2.45, 2.75) is 18.3 Å². The second-order valence-electron chi connectivity index (χ2n) is 3.94. The first-order chi connectivity index (χ1) is 7.26. The van der Waals surface area contributed by atoms with Gasteiger partial charge >= 0.3 is 0 Å². The van der Waals surface area contributed by atoms with Crippen molar-refractivity contribution < 1.29 is 4.79 Å². The lowest BCUT2D eigenvalue weighted by atomic mass is 9.73. The molecule has 0 radical (unpaired) electrons. The van der Waals surface area contributed by atoms with Crippen LogP contribution in [0, 0.1) is 0 Å². The number of nitrogens with zero attached hydrogens (tertiary/aromatic N) is 1. The molecule has 0 bridgehead atoms. The zero-order valence-electron chi connectivity index (χ0n) is 8.98. The van der Waals surface area contributed by atoms with Crippen molar-refractivity contribution >= 4 is 18.3 Å². The number of hydrogen-bond donors (Lipinski definition) is 2. The Bertz CT molecular complexity index is 350. The Labute approximate surface area is 101 Å². The highest BCUT2D eigenvalue weighted by atomic mass is 35.5. The molecule has 1 aliphatic rings. The third kappa shape index (κ3) is 2.18. The third-order valence-corrected chi connectivity index (χ3v) is 3.14. The molecule has 0 atom stereocenters. The average Bonchev–Trinajstić information content (AvgIpc) is 2.31. The van der Waals surface area contributed by atoms with Crippen LogP contribution in [0.1, 0.15) is 18.4 Å². The molecule has 0 aromatic carbocycles. The maximum Gasteiger partial charge on any atom is 0.228 e. The molecular formula is C11H16ClN3O. The first-order valence-electron chi connectivity index (χ1n) is 5.17. The molecule has 1 fully saturated rings. The summed E-state index contributed by atoms with van der Waals surface area (Å²) in [6, 6.07) is 3.78. The number of halogens is 1. The van der Waals surface area contributed by atoms with E-state index >= 15 is 0 Å². The van der Waals surface area contributed by atoms with Crippen LogP contribution in [0.2, 0.25) is 0 Å². The number of amides is 1. The Kier molecular flexibility index (Phi) is 4.26. The molecule has 1 amide bonds. The monoisotopic (exact) mass is 241 g/mol. The molecule has 1 aliphatic heterocycles. The lowest BCUT2D eigenvalue weighted by Crippen LogP contribution is -2.48. The van der Waals surface area contributed by atoms with E-state index < -0.39 is 5.41 Å². The standard InChI is InChI=1S/C11H15N3O.ClH/c12-10(15)11(3-6-13-7-4-11)9-2-1-5-14-8-9;/h1-2,5,8,13H,3-4,6-7H2,(H2,12,15);1H. The van der Waals surface area contributed by atoms with Crippen LogP contribution < -0.4 is 11.1 Å². The molecule has 2 rings (SSSR count). The van der Waals surface area contributed by atoms with Crippen molar-refractivity contribution in [2.24, 2.45) is 5.73 Å². The summed E-state index contributed by atoms with van der Waals surface area (Å²) in [5, 5.41) is 3.24. The van der Waals surface area contributed by atoms with Gasteiger partial charge in [0, 0.05) is 12.4 Å². The zero-order chi connectivity index (χ0) is 10.7. The quantitative estimate of drug-likeness (QED) is 0.797. The van der Waals surface area contributed by atoms with E-state index in [1.54, 1.807) is 12.4 Å². The van der Waals surface area contributed by atoms with Crippen molar-refractivity contribution in [3.05, 3.63) is 30.1 Å². The Morgan fingerprint density at radius 2 is 2.12 bits per heavy atom. The number of carbonyl (C=O) groups excluding carboxylic acids is 1. The van der Waals surface area contributed by atoms with Crippen LogP contribution in [0.15, 0.2) is 24.5 Å². The minimum atomic E-state index is -0.514. The fourth-order valence-electron chi connectivity index (χ4n) is 2.18. The lowest BCUT2D eigenvalue weighted by Gasteiger charge is -2.34. The minimum absolute atomic E-state index is 0. The molecule has 5 heteroatoms. The summed E-state index contributed by atoms with van der Waals surface area (Å²) in [5.41, 5.74) is 5.97. The highest BCUT2D eigenvalue weighted by molar-refractivity contribution is 5.86. The van der Waals surface area contributed by atoms with Crippen molar-refractivity contribution in [1.82, 2.24) is 10.3 Å². The van der Waals surface area contributed by atoms with Gasteiger partial charge in [-0.25, -0.2) is 0 Å². The summed E-state index contributed by atoms with van der Waals surface area (Å²) in [6.45, 7) is 1.66. The number of pyridine rings is 1. The van der Waals surface area contributed by atoms with Gasteiger partial charge in [0.2, 0.25) is 5.91 Å². The molecule has 2 heterocycles. The predicted octanol–water partition coefficient (Wildman–Crippen LogP) is 0.610. The van der Waals surface area contributed by atoms with E-state index in [1.165, 1.54) is 0 Å². The van der Waals surface area contributed by atoms with E-state index in [1.807, 2.05) is 12.1 Å². The molecular weight excluding hydrogens is 226 g/mol. The summed E-state index contributed by atoms with van der Waals surface area (Å²) in [7, 11) is 0. The van der Waals surface area contributed by atoms with Crippen LogP contribution in [-0.4, -0.2) is 24.0 Å². The maximum absolute atomic E-state index is 11.6. The summed E-state index contributed by atoms with van der Waals surface area (Å²) in [4.78, 5) is 15.7. The molecule has 3 N–H and O–H groups in total. The molecule has 0 spiro atoms. The molecule has 1 saturated heterocycles. The van der Waals surface area contributed by atoms with E-state index in [0.29, 0.717) is 0 Å². The van der Waals surface area contributed by atoms with Gasteiger partial charge < -0.3 is 11.1 Å². The SMILES string of the molecule is Cl.NC(=O)C1(c2cccnc2)CCNCC1. The van der Waals surface area contributed by atoms with Crippen molar-refractivity contribution in [1.29, 1.82) is 0 Å². The first-order valence-corrected chi connectivity index (χ1v) is 5.17. The van der Waals surface area contributed by atoms with Gasteiger partial charge in [-0.1, -0.05) is 6.07 Å². The fourth-order valence-corrected chi connectivity index (χ4v) is 2.18. The largest absolute Gasteiger partial charge is 0.369 e.